The summed E-state index contributed by atoms with van der Waals surface area (Å²) in [4.78, 5) is 35.3. The number of ether oxygens (including phenoxy) is 1. The Kier molecular flexibility index (Phi) is 6.13. The van der Waals surface area contributed by atoms with E-state index in [1.165, 1.54) is 0 Å². The summed E-state index contributed by atoms with van der Waals surface area (Å²) in [7, 11) is 0. The number of carbonyl (C=O) groups excluding carboxylic acids is 1. The monoisotopic (exact) mass is 483 g/mol. The number of amides is 1. The number of benzene rings is 2. The highest BCUT2D eigenvalue weighted by Crippen LogP contribution is 2.33. The number of hydrogen-bond donors (Lipinski definition) is 2. The first kappa shape index (κ1) is 23.5. The third-order valence-corrected chi connectivity index (χ3v) is 6.02. The first-order chi connectivity index (χ1) is 17.3. The summed E-state index contributed by atoms with van der Waals surface area (Å²) in [5.41, 5.74) is 6.08. The van der Waals surface area contributed by atoms with Gasteiger partial charge in [0.25, 0.3) is 0 Å². The number of carbonyl (C=O) groups is 1. The number of hydrogen-bond acceptors (Lipinski definition) is 7. The lowest BCUT2D eigenvalue weighted by Gasteiger charge is -2.29. The van der Waals surface area contributed by atoms with Gasteiger partial charge < -0.3 is 15.0 Å². The molecule has 1 atom stereocenters. The Morgan fingerprint density at radius 1 is 1.17 bits per heavy atom. The standard InChI is InChI=1S/C27H29N7O2/c1-27(2,3)36-26(35)34-11-5-6-25(34)33-22-13-18(7-9-19(22)28-4)24-15-30-21-12-17(8-10-20(21)32-24)23-14-29-16-31-23/h7-10,12-16,25,33H,4-6,11H2,1-3H3,(H,29,31). The van der Waals surface area contributed by atoms with Crippen LogP contribution >= 0.6 is 0 Å². The molecule has 1 unspecified atom stereocenters. The van der Waals surface area contributed by atoms with Crippen molar-refractivity contribution in [2.24, 2.45) is 4.99 Å². The first-order valence-electron chi connectivity index (χ1n) is 11.9. The van der Waals surface area contributed by atoms with Gasteiger partial charge in [-0.1, -0.05) is 12.1 Å². The van der Waals surface area contributed by atoms with E-state index in [-0.39, 0.29) is 12.3 Å². The smallest absolute Gasteiger partial charge is 0.411 e. The van der Waals surface area contributed by atoms with Gasteiger partial charge in [-0.25, -0.2) is 14.8 Å². The summed E-state index contributed by atoms with van der Waals surface area (Å²) < 4.78 is 5.60. The van der Waals surface area contributed by atoms with Crippen LogP contribution in [-0.4, -0.2) is 56.0 Å². The fraction of sp³-hybridized carbons (Fsp3) is 0.296. The molecular formula is C27H29N7O2. The fourth-order valence-corrected chi connectivity index (χ4v) is 4.32. The molecule has 4 aromatic rings. The van der Waals surface area contributed by atoms with Crippen LogP contribution in [0.3, 0.4) is 0 Å². The van der Waals surface area contributed by atoms with Crippen molar-refractivity contribution in [2.45, 2.75) is 45.4 Å². The molecule has 1 fully saturated rings. The SMILES string of the molecule is C=Nc1ccc(-c2cnc3cc(-c4cnc[nH]4)ccc3n2)cc1NC1CCCN1C(=O)OC(C)(C)C. The van der Waals surface area contributed by atoms with Crippen molar-refractivity contribution >= 4 is 35.2 Å². The quantitative estimate of drug-likeness (QED) is 0.348. The average Bonchev–Trinajstić information content (AvgIpc) is 3.55. The Morgan fingerprint density at radius 2 is 2.00 bits per heavy atom. The Hall–Kier alpha value is -4.27. The maximum atomic E-state index is 12.7. The molecule has 1 aliphatic heterocycles. The van der Waals surface area contributed by atoms with E-state index in [0.29, 0.717) is 12.2 Å². The molecule has 2 aromatic heterocycles. The summed E-state index contributed by atoms with van der Waals surface area (Å²) in [6.07, 6.45) is 6.39. The van der Waals surface area contributed by atoms with E-state index in [1.807, 2.05) is 57.2 Å². The fourth-order valence-electron chi connectivity index (χ4n) is 4.32. The molecule has 1 amide bonds. The molecule has 0 radical (unpaired) electrons. The minimum Gasteiger partial charge on any atom is -0.444 e. The molecule has 1 saturated heterocycles. The zero-order chi connectivity index (χ0) is 25.3. The molecule has 0 bridgehead atoms. The van der Waals surface area contributed by atoms with Gasteiger partial charge in [-0.15, -0.1) is 0 Å². The van der Waals surface area contributed by atoms with Crippen LogP contribution in [0, 0.1) is 0 Å². The Balaban J connectivity index is 1.41. The molecule has 0 aliphatic carbocycles. The lowest BCUT2D eigenvalue weighted by atomic mass is 10.1. The van der Waals surface area contributed by atoms with E-state index in [0.717, 1.165) is 52.1 Å². The van der Waals surface area contributed by atoms with Gasteiger partial charge in [0, 0.05) is 17.7 Å². The zero-order valence-electron chi connectivity index (χ0n) is 20.7. The maximum absolute atomic E-state index is 12.7. The molecule has 2 aromatic carbocycles. The predicted molar refractivity (Wildman–Crippen MR) is 141 cm³/mol. The topological polar surface area (TPSA) is 108 Å². The van der Waals surface area contributed by atoms with Gasteiger partial charge >= 0.3 is 6.09 Å². The third-order valence-electron chi connectivity index (χ3n) is 6.02. The number of imidazole rings is 1. The van der Waals surface area contributed by atoms with E-state index >= 15 is 0 Å². The molecule has 0 spiro atoms. The second-order valence-corrected chi connectivity index (χ2v) is 9.79. The van der Waals surface area contributed by atoms with Crippen molar-refractivity contribution in [1.82, 2.24) is 24.8 Å². The van der Waals surface area contributed by atoms with Gasteiger partial charge in [-0.05, 0) is 64.6 Å². The van der Waals surface area contributed by atoms with E-state index in [4.69, 9.17) is 9.72 Å². The van der Waals surface area contributed by atoms with Crippen LogP contribution in [0.5, 0.6) is 0 Å². The van der Waals surface area contributed by atoms with Crippen LogP contribution in [0.15, 0.2) is 60.1 Å². The number of nitrogens with one attached hydrogen (secondary N) is 2. The van der Waals surface area contributed by atoms with Gasteiger partial charge in [-0.2, -0.15) is 0 Å². The Bertz CT molecular complexity index is 1410. The number of aromatic nitrogens is 4. The summed E-state index contributed by atoms with van der Waals surface area (Å²) in [6.45, 7) is 9.96. The lowest BCUT2D eigenvalue weighted by molar-refractivity contribution is 0.0244. The summed E-state index contributed by atoms with van der Waals surface area (Å²) in [5.74, 6) is 0. The minimum atomic E-state index is -0.550. The number of likely N-dealkylation sites (tertiary alicyclic amines) is 1. The van der Waals surface area contributed by atoms with Crippen LogP contribution in [0.1, 0.15) is 33.6 Å². The van der Waals surface area contributed by atoms with E-state index in [9.17, 15) is 4.79 Å². The molecule has 0 saturated carbocycles. The molecule has 3 heterocycles. The minimum absolute atomic E-state index is 0.195. The number of aliphatic imine (C=N–C) groups is 1. The molecule has 5 rings (SSSR count). The number of nitrogens with zero attached hydrogens (tertiary/aromatic N) is 5. The van der Waals surface area contributed by atoms with Gasteiger partial charge in [0.15, 0.2) is 0 Å². The number of H-pyrrole nitrogens is 1. The molecule has 1 aliphatic rings. The van der Waals surface area contributed by atoms with Gasteiger partial charge in [0.05, 0.1) is 52.5 Å². The van der Waals surface area contributed by atoms with Crippen LogP contribution in [0.2, 0.25) is 0 Å². The van der Waals surface area contributed by atoms with Crippen LogP contribution in [0.4, 0.5) is 16.2 Å². The molecule has 36 heavy (non-hydrogen) atoms. The van der Waals surface area contributed by atoms with Crippen molar-refractivity contribution in [1.29, 1.82) is 0 Å². The van der Waals surface area contributed by atoms with Crippen molar-refractivity contribution in [2.75, 3.05) is 11.9 Å². The summed E-state index contributed by atoms with van der Waals surface area (Å²) >= 11 is 0. The van der Waals surface area contributed by atoms with Gasteiger partial charge in [0.2, 0.25) is 0 Å². The van der Waals surface area contributed by atoms with Crippen LogP contribution in [-0.2, 0) is 4.74 Å². The lowest BCUT2D eigenvalue weighted by Crippen LogP contribution is -2.43. The second kappa shape index (κ2) is 9.41. The summed E-state index contributed by atoms with van der Waals surface area (Å²) in [6, 6.07) is 11.8. The van der Waals surface area contributed by atoms with Crippen LogP contribution < -0.4 is 5.32 Å². The molecule has 9 nitrogen and oxygen atoms in total. The number of aromatic amines is 1. The third kappa shape index (κ3) is 4.91. The molecule has 184 valence electrons. The Morgan fingerprint density at radius 3 is 2.75 bits per heavy atom. The molecule has 2 N–H and O–H groups in total. The highest BCUT2D eigenvalue weighted by atomic mass is 16.6. The second-order valence-electron chi connectivity index (χ2n) is 9.79. The maximum Gasteiger partial charge on any atom is 0.411 e. The first-order valence-corrected chi connectivity index (χ1v) is 11.9. The number of anilines is 1. The van der Waals surface area contributed by atoms with E-state index in [1.54, 1.807) is 23.6 Å². The summed E-state index contributed by atoms with van der Waals surface area (Å²) in [5, 5.41) is 3.48. The van der Waals surface area contributed by atoms with Gasteiger partial charge in [0.1, 0.15) is 11.8 Å². The normalized spacial score (nSPS) is 15.8. The Labute approximate surface area is 209 Å². The molecular weight excluding hydrogens is 454 g/mol. The number of fused-ring (bicyclic) bond motifs is 1. The van der Waals surface area contributed by atoms with Crippen molar-refractivity contribution in [3.05, 3.63) is 55.1 Å². The average molecular weight is 484 g/mol. The van der Waals surface area contributed by atoms with Crippen molar-refractivity contribution < 1.29 is 9.53 Å². The van der Waals surface area contributed by atoms with Crippen molar-refractivity contribution in [3.8, 4) is 22.5 Å². The largest absolute Gasteiger partial charge is 0.444 e. The van der Waals surface area contributed by atoms with Gasteiger partial charge in [-0.3, -0.25) is 14.9 Å². The van der Waals surface area contributed by atoms with E-state index < -0.39 is 5.60 Å². The highest BCUT2D eigenvalue weighted by Gasteiger charge is 2.32. The number of rotatable bonds is 5. The zero-order valence-corrected chi connectivity index (χ0v) is 20.7. The predicted octanol–water partition coefficient (Wildman–Crippen LogP) is 5.79. The van der Waals surface area contributed by atoms with Crippen LogP contribution in [0.25, 0.3) is 33.5 Å². The highest BCUT2D eigenvalue weighted by molar-refractivity contribution is 5.83. The molecule has 9 heteroatoms. The van der Waals surface area contributed by atoms with E-state index in [2.05, 4.69) is 32.0 Å². The van der Waals surface area contributed by atoms with Crippen molar-refractivity contribution in [3.63, 3.8) is 0 Å².